The van der Waals surface area contributed by atoms with Crippen molar-refractivity contribution in [2.45, 2.75) is 25.0 Å². The first kappa shape index (κ1) is 21.6. The molecule has 2 aromatic carbocycles. The maximum Gasteiger partial charge on any atom is 0.242 e. The van der Waals surface area contributed by atoms with Crippen LogP contribution in [0.1, 0.15) is 18.9 Å². The molecular weight excluding hydrogens is 398 g/mol. The number of methoxy groups -OCH3 is 1. The normalized spacial score (nSPS) is 17.3. The van der Waals surface area contributed by atoms with Gasteiger partial charge in [-0.25, -0.2) is 4.99 Å². The predicted molar refractivity (Wildman–Crippen MR) is 122 cm³/mol. The number of aryl methyl sites for hydroxylation is 1. The van der Waals surface area contributed by atoms with Crippen molar-refractivity contribution < 1.29 is 14.3 Å². The Labute approximate surface area is 181 Å². The number of anilines is 1. The molecule has 30 heavy (non-hydrogen) atoms. The second-order valence-corrected chi connectivity index (χ2v) is 7.91. The van der Waals surface area contributed by atoms with Crippen molar-refractivity contribution in [3.05, 3.63) is 66.7 Å². The first-order chi connectivity index (χ1) is 14.5. The van der Waals surface area contributed by atoms with Crippen LogP contribution in [0.3, 0.4) is 0 Å². The highest BCUT2D eigenvalue weighted by molar-refractivity contribution is 8.15. The fourth-order valence-electron chi connectivity index (χ4n) is 2.99. The molecule has 1 atom stereocenters. The Balaban J connectivity index is 1.70. The van der Waals surface area contributed by atoms with E-state index in [9.17, 15) is 9.59 Å². The number of nitrogens with one attached hydrogen (secondary N) is 1. The molecule has 7 heteroatoms. The van der Waals surface area contributed by atoms with E-state index in [0.717, 1.165) is 17.9 Å². The van der Waals surface area contributed by atoms with E-state index in [0.29, 0.717) is 17.4 Å². The summed E-state index contributed by atoms with van der Waals surface area (Å²) in [6.45, 7) is 6.15. The van der Waals surface area contributed by atoms with E-state index in [4.69, 9.17) is 4.74 Å². The van der Waals surface area contributed by atoms with Gasteiger partial charge < -0.3 is 10.1 Å². The summed E-state index contributed by atoms with van der Waals surface area (Å²) in [5.74, 6) is 0.400. The Morgan fingerprint density at radius 3 is 2.53 bits per heavy atom. The second-order valence-electron chi connectivity index (χ2n) is 6.74. The smallest absolute Gasteiger partial charge is 0.242 e. The molecule has 0 bridgehead atoms. The number of carbonyl (C=O) groups is 2. The molecule has 2 aromatic rings. The van der Waals surface area contributed by atoms with E-state index >= 15 is 0 Å². The van der Waals surface area contributed by atoms with Crippen molar-refractivity contribution in [2.75, 3.05) is 19.0 Å². The van der Waals surface area contributed by atoms with Gasteiger partial charge in [0.15, 0.2) is 5.17 Å². The topological polar surface area (TPSA) is 71.0 Å². The SMILES string of the molecule is C=CCN1C(=O)C(CC(=O)Nc2ccc(CC)cc2)SC1=Nc1ccc(OC)cc1. The van der Waals surface area contributed by atoms with Gasteiger partial charge in [-0.1, -0.05) is 36.9 Å². The average molecular weight is 424 g/mol. The van der Waals surface area contributed by atoms with Gasteiger partial charge >= 0.3 is 0 Å². The van der Waals surface area contributed by atoms with Gasteiger partial charge in [0.05, 0.1) is 12.8 Å². The van der Waals surface area contributed by atoms with Crippen molar-refractivity contribution in [1.82, 2.24) is 4.90 Å². The molecule has 1 saturated heterocycles. The molecule has 1 aliphatic rings. The summed E-state index contributed by atoms with van der Waals surface area (Å²) in [4.78, 5) is 31.5. The van der Waals surface area contributed by atoms with Crippen LogP contribution in [0, 0.1) is 0 Å². The van der Waals surface area contributed by atoms with E-state index in [1.807, 2.05) is 48.5 Å². The highest BCUT2D eigenvalue weighted by atomic mass is 32.2. The summed E-state index contributed by atoms with van der Waals surface area (Å²) in [6.07, 6.45) is 2.67. The molecule has 1 fully saturated rings. The molecule has 1 N–H and O–H groups in total. The molecule has 3 rings (SSSR count). The monoisotopic (exact) mass is 423 g/mol. The van der Waals surface area contributed by atoms with Gasteiger partial charge in [-0.15, -0.1) is 6.58 Å². The minimum Gasteiger partial charge on any atom is -0.497 e. The predicted octanol–water partition coefficient (Wildman–Crippen LogP) is 4.40. The number of hydrogen-bond donors (Lipinski definition) is 1. The Morgan fingerprint density at radius 2 is 1.93 bits per heavy atom. The van der Waals surface area contributed by atoms with Gasteiger partial charge in [-0.05, 0) is 48.4 Å². The van der Waals surface area contributed by atoms with E-state index in [-0.39, 0.29) is 18.2 Å². The first-order valence-electron chi connectivity index (χ1n) is 9.74. The molecule has 0 radical (unpaired) electrons. The molecule has 0 aromatic heterocycles. The molecule has 156 valence electrons. The zero-order valence-electron chi connectivity index (χ0n) is 17.1. The van der Waals surface area contributed by atoms with E-state index in [1.54, 1.807) is 18.1 Å². The van der Waals surface area contributed by atoms with Gasteiger partial charge in [0.2, 0.25) is 11.8 Å². The Bertz CT molecular complexity index is 939. The molecule has 2 amide bonds. The lowest BCUT2D eigenvalue weighted by molar-refractivity contribution is -0.127. The van der Waals surface area contributed by atoms with Crippen molar-refractivity contribution in [3.8, 4) is 5.75 Å². The second kappa shape index (κ2) is 10.1. The molecule has 0 aliphatic carbocycles. The minimum absolute atomic E-state index is 0.0777. The van der Waals surface area contributed by atoms with E-state index in [1.165, 1.54) is 17.3 Å². The van der Waals surface area contributed by atoms with Crippen LogP contribution in [-0.4, -0.2) is 40.8 Å². The molecule has 0 saturated carbocycles. The summed E-state index contributed by atoms with van der Waals surface area (Å²) < 4.78 is 5.16. The summed E-state index contributed by atoms with van der Waals surface area (Å²) in [7, 11) is 1.60. The quantitative estimate of drug-likeness (QED) is 0.639. The molecule has 0 spiro atoms. The molecular formula is C23H25N3O3S. The Hall–Kier alpha value is -3.06. The van der Waals surface area contributed by atoms with Crippen molar-refractivity contribution in [2.24, 2.45) is 4.99 Å². The van der Waals surface area contributed by atoms with Crippen molar-refractivity contribution >= 4 is 40.1 Å². The Kier molecular flexibility index (Phi) is 7.30. The lowest BCUT2D eigenvalue weighted by atomic mass is 10.1. The van der Waals surface area contributed by atoms with Gasteiger partial charge in [0, 0.05) is 18.7 Å². The number of rotatable bonds is 8. The summed E-state index contributed by atoms with van der Waals surface area (Å²) in [5.41, 5.74) is 2.64. The minimum atomic E-state index is -0.517. The van der Waals surface area contributed by atoms with Gasteiger partial charge in [0.1, 0.15) is 11.0 Å². The van der Waals surface area contributed by atoms with Gasteiger partial charge in [-0.2, -0.15) is 0 Å². The van der Waals surface area contributed by atoms with Crippen LogP contribution in [0.5, 0.6) is 5.75 Å². The number of amidine groups is 1. The number of amides is 2. The maximum atomic E-state index is 12.8. The summed E-state index contributed by atoms with van der Waals surface area (Å²) in [6, 6.07) is 15.0. The summed E-state index contributed by atoms with van der Waals surface area (Å²) >= 11 is 1.30. The number of hydrogen-bond acceptors (Lipinski definition) is 5. The van der Waals surface area contributed by atoms with E-state index in [2.05, 4.69) is 23.8 Å². The van der Waals surface area contributed by atoms with Crippen LogP contribution in [0.4, 0.5) is 11.4 Å². The standard InChI is InChI=1S/C23H25N3O3S/c1-4-14-26-22(28)20(15-21(27)24-17-8-6-16(5-2)7-9-17)30-23(26)25-18-10-12-19(29-3)13-11-18/h4,6-13,20H,1,5,14-15H2,2-3H3,(H,24,27). The van der Waals surface area contributed by atoms with E-state index < -0.39 is 5.25 Å². The third-order valence-corrected chi connectivity index (χ3v) is 5.82. The highest BCUT2D eigenvalue weighted by Gasteiger charge is 2.38. The van der Waals surface area contributed by atoms with Crippen LogP contribution in [0.2, 0.25) is 0 Å². The third-order valence-electron chi connectivity index (χ3n) is 4.65. The molecule has 1 heterocycles. The van der Waals surface area contributed by atoms with Crippen LogP contribution >= 0.6 is 11.8 Å². The largest absolute Gasteiger partial charge is 0.497 e. The Morgan fingerprint density at radius 1 is 1.23 bits per heavy atom. The molecule has 1 aliphatic heterocycles. The van der Waals surface area contributed by atoms with Gasteiger partial charge in [-0.3, -0.25) is 14.5 Å². The van der Waals surface area contributed by atoms with Crippen LogP contribution in [0.15, 0.2) is 66.2 Å². The fraction of sp³-hybridized carbons (Fsp3) is 0.261. The average Bonchev–Trinajstić information content (AvgIpc) is 3.04. The van der Waals surface area contributed by atoms with Crippen LogP contribution in [0.25, 0.3) is 0 Å². The zero-order chi connectivity index (χ0) is 21.5. The number of benzene rings is 2. The number of thioether (sulfide) groups is 1. The number of ether oxygens (including phenoxy) is 1. The fourth-order valence-corrected chi connectivity index (χ4v) is 4.16. The first-order valence-corrected chi connectivity index (χ1v) is 10.6. The lowest BCUT2D eigenvalue weighted by Crippen LogP contribution is -2.33. The number of nitrogens with zero attached hydrogens (tertiary/aromatic N) is 2. The zero-order valence-corrected chi connectivity index (χ0v) is 17.9. The lowest BCUT2D eigenvalue weighted by Gasteiger charge is -2.14. The highest BCUT2D eigenvalue weighted by Crippen LogP contribution is 2.32. The van der Waals surface area contributed by atoms with Gasteiger partial charge in [0.25, 0.3) is 0 Å². The van der Waals surface area contributed by atoms with Crippen molar-refractivity contribution in [1.29, 1.82) is 0 Å². The number of carbonyl (C=O) groups excluding carboxylic acids is 2. The third kappa shape index (κ3) is 5.30. The maximum absolute atomic E-state index is 12.8. The van der Waals surface area contributed by atoms with Crippen LogP contribution < -0.4 is 10.1 Å². The van der Waals surface area contributed by atoms with Crippen LogP contribution in [-0.2, 0) is 16.0 Å². The summed E-state index contributed by atoms with van der Waals surface area (Å²) in [5, 5.41) is 2.92. The van der Waals surface area contributed by atoms with Crippen molar-refractivity contribution in [3.63, 3.8) is 0 Å². The molecule has 1 unspecified atom stereocenters. The molecule has 6 nitrogen and oxygen atoms in total. The number of aliphatic imine (C=N–C) groups is 1.